The first-order valence-electron chi connectivity index (χ1n) is 8.19. The Morgan fingerprint density at radius 2 is 1.77 bits per heavy atom. The third kappa shape index (κ3) is 2.37. The van der Waals surface area contributed by atoms with Crippen LogP contribution in [0.1, 0.15) is 25.1 Å². The van der Waals surface area contributed by atoms with Gasteiger partial charge in [0.05, 0.1) is 17.9 Å². The third-order valence-electron chi connectivity index (χ3n) is 5.19. The fourth-order valence-corrected chi connectivity index (χ4v) is 4.14. The van der Waals surface area contributed by atoms with Crippen molar-refractivity contribution in [1.82, 2.24) is 0 Å². The lowest BCUT2D eigenvalue weighted by molar-refractivity contribution is -0.584. The molecule has 0 unspecified atom stereocenters. The predicted molar refractivity (Wildman–Crippen MR) is 92.4 cm³/mol. The fourth-order valence-electron chi connectivity index (χ4n) is 3.83. The number of rotatable bonds is 4. The van der Waals surface area contributed by atoms with Crippen LogP contribution in [0.2, 0.25) is 12.6 Å². The molecular weight excluding hydrogens is 292 g/mol. The SMILES string of the molecule is CC[B-]1(CC)O[C@](CCl)(c2ccccc2)Cc2cccc[n+]21. The summed E-state index contributed by atoms with van der Waals surface area (Å²) in [5.41, 5.74) is 2.05. The Balaban J connectivity index is 2.17. The van der Waals surface area contributed by atoms with Crippen molar-refractivity contribution in [2.24, 2.45) is 0 Å². The van der Waals surface area contributed by atoms with Crippen LogP contribution in [0.25, 0.3) is 0 Å². The summed E-state index contributed by atoms with van der Waals surface area (Å²) in [5, 5.41) is 0. The van der Waals surface area contributed by atoms with E-state index in [0.29, 0.717) is 5.88 Å². The van der Waals surface area contributed by atoms with Crippen molar-refractivity contribution in [2.45, 2.75) is 38.5 Å². The first kappa shape index (κ1) is 15.6. The lowest BCUT2D eigenvalue weighted by Crippen LogP contribution is -2.73. The van der Waals surface area contributed by atoms with Crippen LogP contribution in [-0.4, -0.2) is 12.4 Å². The topological polar surface area (TPSA) is 13.1 Å². The van der Waals surface area contributed by atoms with E-state index in [-0.39, 0.29) is 0 Å². The highest BCUT2D eigenvalue weighted by Crippen LogP contribution is 2.38. The molecule has 0 saturated carbocycles. The van der Waals surface area contributed by atoms with E-state index in [0.717, 1.165) is 19.1 Å². The molecule has 0 saturated heterocycles. The summed E-state index contributed by atoms with van der Waals surface area (Å²) in [4.78, 5) is 0. The second kappa shape index (κ2) is 6.06. The minimum Gasteiger partial charge on any atom is -0.522 e. The highest BCUT2D eigenvalue weighted by Gasteiger charge is 2.49. The number of fused-ring (bicyclic) bond motifs is 1. The van der Waals surface area contributed by atoms with Gasteiger partial charge in [0.1, 0.15) is 11.9 Å². The summed E-state index contributed by atoms with van der Waals surface area (Å²) in [6.07, 6.45) is 4.92. The van der Waals surface area contributed by atoms with Crippen LogP contribution in [0.4, 0.5) is 0 Å². The van der Waals surface area contributed by atoms with Crippen LogP contribution in [0.5, 0.6) is 0 Å². The maximum atomic E-state index is 6.82. The molecule has 116 valence electrons. The Labute approximate surface area is 138 Å². The van der Waals surface area contributed by atoms with Crippen LogP contribution >= 0.6 is 11.6 Å². The molecule has 0 N–H and O–H groups in total. The predicted octanol–water partition coefficient (Wildman–Crippen LogP) is 4.01. The van der Waals surface area contributed by atoms with Crippen molar-refractivity contribution in [1.29, 1.82) is 0 Å². The molecule has 0 radical (unpaired) electrons. The smallest absolute Gasteiger partial charge is 0.405 e. The van der Waals surface area contributed by atoms with Crippen molar-refractivity contribution in [3.8, 4) is 0 Å². The summed E-state index contributed by atoms with van der Waals surface area (Å²) in [6, 6.07) is 16.8. The number of hydrogen-bond donors (Lipinski definition) is 0. The lowest BCUT2D eigenvalue weighted by Gasteiger charge is -2.49. The Hall–Kier alpha value is -1.32. The van der Waals surface area contributed by atoms with E-state index in [1.54, 1.807) is 0 Å². The van der Waals surface area contributed by atoms with Gasteiger partial charge >= 0.3 is 6.48 Å². The first-order chi connectivity index (χ1) is 10.7. The van der Waals surface area contributed by atoms with Crippen molar-refractivity contribution >= 4 is 18.1 Å². The molecular formula is C18H23BClNO. The third-order valence-corrected chi connectivity index (χ3v) is 5.62. The molecule has 3 rings (SSSR count). The van der Waals surface area contributed by atoms with E-state index in [4.69, 9.17) is 16.3 Å². The maximum Gasteiger partial charge on any atom is 0.405 e. The van der Waals surface area contributed by atoms with Gasteiger partial charge in [-0.15, -0.1) is 11.6 Å². The average molecular weight is 316 g/mol. The molecule has 1 atom stereocenters. The molecule has 1 aliphatic rings. The van der Waals surface area contributed by atoms with E-state index >= 15 is 0 Å². The number of benzene rings is 1. The van der Waals surface area contributed by atoms with Gasteiger partial charge < -0.3 is 9.13 Å². The first-order valence-corrected chi connectivity index (χ1v) is 8.72. The Bertz CT molecular complexity index is 645. The zero-order chi connectivity index (χ0) is 15.6. The van der Waals surface area contributed by atoms with E-state index in [1.165, 1.54) is 11.3 Å². The Kier molecular flexibility index (Phi) is 4.29. The molecule has 0 fully saturated rings. The van der Waals surface area contributed by atoms with Crippen LogP contribution in [0, 0.1) is 0 Å². The van der Waals surface area contributed by atoms with Gasteiger partial charge in [-0.2, -0.15) is 0 Å². The van der Waals surface area contributed by atoms with Crippen molar-refractivity contribution in [3.63, 3.8) is 0 Å². The maximum absolute atomic E-state index is 6.82. The van der Waals surface area contributed by atoms with Gasteiger partial charge in [-0.05, 0) is 11.6 Å². The van der Waals surface area contributed by atoms with E-state index in [9.17, 15) is 0 Å². The molecule has 2 nitrogen and oxygen atoms in total. The largest absolute Gasteiger partial charge is 0.522 e. The van der Waals surface area contributed by atoms with Crippen molar-refractivity contribution in [3.05, 3.63) is 66.0 Å². The molecule has 1 aromatic carbocycles. The Morgan fingerprint density at radius 1 is 1.09 bits per heavy atom. The lowest BCUT2D eigenvalue weighted by atomic mass is 9.45. The fraction of sp³-hybridized carbons (Fsp3) is 0.389. The standard InChI is InChI=1S/C18H23BClNO/c1-3-19(4-2)21-13-9-8-12-17(21)14-18(15-20,22-19)16-10-6-5-7-11-16/h5-13H,3-4,14-15H2,1-2H3/t18-/m1/s1. The van der Waals surface area contributed by atoms with E-state index in [1.807, 2.05) is 6.07 Å². The molecule has 1 aromatic heterocycles. The summed E-state index contributed by atoms with van der Waals surface area (Å²) in [6.45, 7) is 3.31. The zero-order valence-corrected chi connectivity index (χ0v) is 14.1. The van der Waals surface area contributed by atoms with Gasteiger partial charge in [0, 0.05) is 6.07 Å². The average Bonchev–Trinajstić information content (AvgIpc) is 2.61. The van der Waals surface area contributed by atoms with Crippen molar-refractivity contribution in [2.75, 3.05) is 5.88 Å². The molecule has 22 heavy (non-hydrogen) atoms. The normalized spacial score (nSPS) is 23.0. The summed E-state index contributed by atoms with van der Waals surface area (Å²) >= 11 is 6.46. The molecule has 0 bridgehead atoms. The van der Waals surface area contributed by atoms with Gasteiger partial charge in [-0.25, -0.2) is 0 Å². The number of aromatic nitrogens is 1. The second-order valence-corrected chi connectivity index (χ2v) is 6.56. The molecule has 4 heteroatoms. The second-order valence-electron chi connectivity index (χ2n) is 6.30. The zero-order valence-electron chi connectivity index (χ0n) is 13.3. The Morgan fingerprint density at radius 3 is 2.41 bits per heavy atom. The minimum absolute atomic E-state index is 0.434. The van der Waals surface area contributed by atoms with E-state index < -0.39 is 12.1 Å². The molecule has 2 aromatic rings. The van der Waals surface area contributed by atoms with Crippen LogP contribution in [0.15, 0.2) is 54.7 Å². The van der Waals surface area contributed by atoms with Gasteiger partial charge in [0.25, 0.3) is 0 Å². The number of halogens is 1. The van der Waals surface area contributed by atoms with Gasteiger partial charge in [0.2, 0.25) is 0 Å². The highest BCUT2D eigenvalue weighted by molar-refractivity contribution is 6.65. The minimum atomic E-state index is -1.11. The summed E-state index contributed by atoms with van der Waals surface area (Å²) in [5.74, 6) is 0.468. The van der Waals surface area contributed by atoms with Crippen molar-refractivity contribution < 1.29 is 9.13 Å². The van der Waals surface area contributed by atoms with E-state index in [2.05, 4.69) is 67.0 Å². The molecule has 0 amide bonds. The highest BCUT2D eigenvalue weighted by atomic mass is 35.5. The molecule has 0 spiro atoms. The number of nitrogens with zero attached hydrogens (tertiary/aromatic N) is 1. The monoisotopic (exact) mass is 315 g/mol. The van der Waals surface area contributed by atoms with Crippen LogP contribution < -0.4 is 4.48 Å². The molecule has 1 aliphatic heterocycles. The van der Waals surface area contributed by atoms with Crippen LogP contribution in [0.3, 0.4) is 0 Å². The number of pyridine rings is 1. The van der Waals surface area contributed by atoms with Gasteiger partial charge in [-0.1, -0.05) is 62.9 Å². The summed E-state index contributed by atoms with van der Waals surface area (Å²) < 4.78 is 9.17. The quantitative estimate of drug-likeness (QED) is 0.614. The number of hydrogen-bond acceptors (Lipinski definition) is 1. The molecule has 0 aliphatic carbocycles. The van der Waals surface area contributed by atoms with Gasteiger partial charge in [0.15, 0.2) is 0 Å². The molecule has 2 heterocycles. The van der Waals surface area contributed by atoms with Gasteiger partial charge in [-0.3, -0.25) is 0 Å². The summed E-state index contributed by atoms with van der Waals surface area (Å²) in [7, 11) is 0. The number of alkyl halides is 1. The van der Waals surface area contributed by atoms with Crippen LogP contribution in [-0.2, 0) is 16.7 Å².